The van der Waals surface area contributed by atoms with Crippen molar-refractivity contribution in [2.24, 2.45) is 0 Å². The molecule has 0 unspecified atom stereocenters. The maximum absolute atomic E-state index is 9.59. The Morgan fingerprint density at radius 3 is 2.50 bits per heavy atom. The van der Waals surface area contributed by atoms with E-state index in [2.05, 4.69) is 11.8 Å². The molecule has 0 aliphatic carbocycles. The first kappa shape index (κ1) is 5.52. The molecule has 0 aromatic rings. The summed E-state index contributed by atoms with van der Waals surface area (Å²) in [5.41, 5.74) is 0. The van der Waals surface area contributed by atoms with Gasteiger partial charge in [-0.3, -0.25) is 0 Å². The van der Waals surface area contributed by atoms with Crippen LogP contribution in [0.3, 0.4) is 0 Å². The van der Waals surface area contributed by atoms with Crippen LogP contribution >= 0.6 is 0 Å². The zero-order valence-corrected chi connectivity index (χ0v) is 3.82. The second kappa shape index (κ2) is 4.52. The van der Waals surface area contributed by atoms with E-state index >= 15 is 0 Å². The molecule has 0 aliphatic heterocycles. The molecular weight excluding hydrogens is 76.1 g/mol. The molecule has 1 heteroatoms. The Labute approximate surface area is 38.0 Å². The van der Waals surface area contributed by atoms with Gasteiger partial charge < -0.3 is 5.11 Å². The minimum Gasteiger partial charge on any atom is -0.854 e. The zero-order chi connectivity index (χ0) is 4.83. The van der Waals surface area contributed by atoms with Crippen LogP contribution in [0.25, 0.3) is 0 Å². The first-order valence-corrected chi connectivity index (χ1v) is 1.89. The van der Waals surface area contributed by atoms with Crippen molar-refractivity contribution in [1.82, 2.24) is 0 Å². The lowest BCUT2D eigenvalue weighted by molar-refractivity contribution is -0.365. The highest BCUT2D eigenvalue weighted by Crippen LogP contribution is 1.62. The van der Waals surface area contributed by atoms with Crippen LogP contribution in [0.2, 0.25) is 0 Å². The van der Waals surface area contributed by atoms with Gasteiger partial charge >= 0.3 is 0 Å². The third kappa shape index (κ3) is 3.52. The van der Waals surface area contributed by atoms with E-state index in [1.54, 1.807) is 6.92 Å². The molecule has 34 valence electrons. The molecule has 0 aliphatic rings. The fourth-order valence-electron chi connectivity index (χ4n) is 0.176. The normalized spacial score (nSPS) is 6.33. The van der Waals surface area contributed by atoms with Gasteiger partial charge in [-0.15, -0.1) is 18.4 Å². The molecule has 0 radical (unpaired) electrons. The van der Waals surface area contributed by atoms with Crippen molar-refractivity contribution >= 4 is 0 Å². The predicted octanol–water partition coefficient (Wildman–Crippen LogP) is -0.240. The first-order chi connectivity index (χ1) is 2.91. The Balaban J connectivity index is 2.79. The molecule has 0 amide bonds. The smallest absolute Gasteiger partial charge is 0.00270 e. The lowest BCUT2D eigenvalue weighted by atomic mass is 10.5. The third-order valence-corrected chi connectivity index (χ3v) is 0.404. The van der Waals surface area contributed by atoms with Crippen LogP contribution in [-0.4, -0.2) is 6.61 Å². The summed E-state index contributed by atoms with van der Waals surface area (Å²) in [5, 5.41) is 9.59. The van der Waals surface area contributed by atoms with Crippen LogP contribution in [0, 0.1) is 11.8 Å². The first-order valence-electron chi connectivity index (χ1n) is 1.89. The summed E-state index contributed by atoms with van der Waals surface area (Å²) in [6.07, 6.45) is 0.497. The summed E-state index contributed by atoms with van der Waals surface area (Å²) >= 11 is 0. The Hall–Kier alpha value is -0.480. The fourth-order valence-corrected chi connectivity index (χ4v) is 0.176. The lowest BCUT2D eigenvalue weighted by Gasteiger charge is -1.90. The van der Waals surface area contributed by atoms with Crippen molar-refractivity contribution < 1.29 is 5.11 Å². The van der Waals surface area contributed by atoms with Crippen LogP contribution in [-0.2, 0) is 0 Å². The molecule has 0 aromatic carbocycles. The minimum absolute atomic E-state index is 0.0686. The van der Waals surface area contributed by atoms with Gasteiger partial charge in [0.2, 0.25) is 0 Å². The van der Waals surface area contributed by atoms with Crippen LogP contribution in [0.1, 0.15) is 13.3 Å². The molecule has 0 heterocycles. The monoisotopic (exact) mass is 83.1 g/mol. The summed E-state index contributed by atoms with van der Waals surface area (Å²) in [7, 11) is 0. The lowest BCUT2D eigenvalue weighted by Crippen LogP contribution is -2.02. The highest BCUT2D eigenvalue weighted by molar-refractivity contribution is 4.93. The highest BCUT2D eigenvalue weighted by Gasteiger charge is 1.55. The van der Waals surface area contributed by atoms with Gasteiger partial charge in [0, 0.05) is 0 Å². The van der Waals surface area contributed by atoms with Gasteiger partial charge in [0.15, 0.2) is 0 Å². The van der Waals surface area contributed by atoms with Crippen molar-refractivity contribution in [3.05, 3.63) is 0 Å². The van der Waals surface area contributed by atoms with Gasteiger partial charge in [-0.2, -0.15) is 0 Å². The third-order valence-electron chi connectivity index (χ3n) is 0.404. The quantitative estimate of drug-likeness (QED) is 0.401. The highest BCUT2D eigenvalue weighted by atomic mass is 16.2. The van der Waals surface area contributed by atoms with E-state index in [4.69, 9.17) is 0 Å². The van der Waals surface area contributed by atoms with Crippen molar-refractivity contribution in [3.8, 4) is 11.8 Å². The van der Waals surface area contributed by atoms with Gasteiger partial charge in [0.05, 0.1) is 0 Å². The number of hydrogen-bond acceptors (Lipinski definition) is 1. The standard InChI is InChI=1S/C5H7O/c1-2-3-4-5-6/h4-5H2,1H3/q-1. The summed E-state index contributed by atoms with van der Waals surface area (Å²) < 4.78 is 0. The Kier molecular flexibility index (Phi) is 4.16. The van der Waals surface area contributed by atoms with E-state index in [0.29, 0.717) is 6.42 Å². The number of hydrogen-bond donors (Lipinski definition) is 0. The number of rotatable bonds is 1. The molecular formula is C5H7O-. The topological polar surface area (TPSA) is 23.1 Å². The average Bonchev–Trinajstić information content (AvgIpc) is 1.61. The van der Waals surface area contributed by atoms with Crippen molar-refractivity contribution in [2.75, 3.05) is 6.61 Å². The average molecular weight is 83.1 g/mol. The molecule has 6 heavy (non-hydrogen) atoms. The summed E-state index contributed by atoms with van der Waals surface area (Å²) in [6.45, 7) is 1.66. The molecule has 0 spiro atoms. The maximum Gasteiger partial charge on any atom is -0.00270 e. The zero-order valence-electron chi connectivity index (χ0n) is 3.82. The van der Waals surface area contributed by atoms with E-state index in [-0.39, 0.29) is 6.61 Å². The fraction of sp³-hybridized carbons (Fsp3) is 0.600. The molecule has 0 atom stereocenters. The largest absolute Gasteiger partial charge is 0.854 e. The molecule has 0 saturated heterocycles. The molecule has 1 nitrogen and oxygen atoms in total. The Bertz CT molecular complexity index is 65.7. The van der Waals surface area contributed by atoms with Crippen LogP contribution in [0.15, 0.2) is 0 Å². The Morgan fingerprint density at radius 2 is 2.33 bits per heavy atom. The predicted molar refractivity (Wildman–Crippen MR) is 22.9 cm³/mol. The minimum atomic E-state index is -0.0686. The van der Waals surface area contributed by atoms with Crippen molar-refractivity contribution in [3.63, 3.8) is 0 Å². The van der Waals surface area contributed by atoms with E-state index in [0.717, 1.165) is 0 Å². The van der Waals surface area contributed by atoms with Crippen molar-refractivity contribution in [1.29, 1.82) is 0 Å². The summed E-state index contributed by atoms with van der Waals surface area (Å²) in [6, 6.07) is 0. The van der Waals surface area contributed by atoms with E-state index in [9.17, 15) is 5.11 Å². The summed E-state index contributed by atoms with van der Waals surface area (Å²) in [4.78, 5) is 0. The molecule has 0 rings (SSSR count). The molecule has 0 bridgehead atoms. The van der Waals surface area contributed by atoms with E-state index in [1.165, 1.54) is 0 Å². The van der Waals surface area contributed by atoms with E-state index < -0.39 is 0 Å². The van der Waals surface area contributed by atoms with Gasteiger partial charge in [-0.25, -0.2) is 0 Å². The van der Waals surface area contributed by atoms with Crippen molar-refractivity contribution in [2.45, 2.75) is 13.3 Å². The van der Waals surface area contributed by atoms with Gasteiger partial charge in [0.25, 0.3) is 0 Å². The second-order valence-electron chi connectivity index (χ2n) is 0.881. The molecule has 0 saturated carbocycles. The van der Waals surface area contributed by atoms with Gasteiger partial charge in [-0.05, 0) is 13.3 Å². The maximum atomic E-state index is 9.59. The summed E-state index contributed by atoms with van der Waals surface area (Å²) in [5.74, 6) is 5.25. The SMILES string of the molecule is CC#CCC[O-]. The molecule has 0 fully saturated rings. The van der Waals surface area contributed by atoms with Crippen LogP contribution in [0.5, 0.6) is 0 Å². The molecule has 0 aromatic heterocycles. The molecule has 0 N–H and O–H groups in total. The van der Waals surface area contributed by atoms with Crippen LogP contribution < -0.4 is 5.11 Å². The van der Waals surface area contributed by atoms with Gasteiger partial charge in [-0.1, -0.05) is 0 Å². The van der Waals surface area contributed by atoms with E-state index in [1.807, 2.05) is 0 Å². The van der Waals surface area contributed by atoms with Gasteiger partial charge in [0.1, 0.15) is 0 Å². The second-order valence-corrected chi connectivity index (χ2v) is 0.881. The Morgan fingerprint density at radius 1 is 1.67 bits per heavy atom. The van der Waals surface area contributed by atoms with Crippen LogP contribution in [0.4, 0.5) is 0 Å².